The number of rotatable bonds is 4. The van der Waals surface area contributed by atoms with Gasteiger partial charge in [0.15, 0.2) is 0 Å². The molecule has 0 aliphatic carbocycles. The average Bonchev–Trinajstić information content (AvgIpc) is 2.45. The molecule has 1 aromatic rings. The van der Waals surface area contributed by atoms with Crippen LogP contribution in [0.3, 0.4) is 0 Å². The van der Waals surface area contributed by atoms with Crippen LogP contribution < -0.4 is 5.32 Å². The van der Waals surface area contributed by atoms with Gasteiger partial charge in [0.25, 0.3) is 5.91 Å². The number of likely N-dealkylation sites (N-methyl/N-ethyl adjacent to an activating group) is 1. The SMILES string of the molecule is CCCNc1cc(C)ncc1C(=O)N1CCN(C)CC1. The highest BCUT2D eigenvalue weighted by atomic mass is 16.2. The molecule has 0 radical (unpaired) electrons. The summed E-state index contributed by atoms with van der Waals surface area (Å²) in [6.07, 6.45) is 2.73. The molecular weight excluding hydrogens is 252 g/mol. The van der Waals surface area contributed by atoms with Crippen molar-refractivity contribution in [2.75, 3.05) is 45.1 Å². The highest BCUT2D eigenvalue weighted by Gasteiger charge is 2.22. The quantitative estimate of drug-likeness (QED) is 0.907. The van der Waals surface area contributed by atoms with Crippen molar-refractivity contribution in [1.29, 1.82) is 0 Å². The molecule has 1 aliphatic heterocycles. The number of aromatic nitrogens is 1. The summed E-state index contributed by atoms with van der Waals surface area (Å²) in [7, 11) is 2.09. The Morgan fingerprint density at radius 2 is 2.05 bits per heavy atom. The van der Waals surface area contributed by atoms with Gasteiger partial charge in [0.05, 0.1) is 11.3 Å². The first-order chi connectivity index (χ1) is 9.61. The molecule has 1 amide bonds. The Hall–Kier alpha value is -1.62. The second kappa shape index (κ2) is 6.70. The number of carbonyl (C=O) groups excluding carboxylic acids is 1. The second-order valence-electron chi connectivity index (χ2n) is 5.39. The molecular formula is C15H24N4O. The van der Waals surface area contributed by atoms with Gasteiger partial charge in [-0.1, -0.05) is 6.92 Å². The maximum Gasteiger partial charge on any atom is 0.257 e. The molecule has 1 fully saturated rings. The molecule has 5 nitrogen and oxygen atoms in total. The number of anilines is 1. The number of amides is 1. The third-order valence-electron chi connectivity index (χ3n) is 3.63. The lowest BCUT2D eigenvalue weighted by Crippen LogP contribution is -2.47. The molecule has 0 bridgehead atoms. The fourth-order valence-corrected chi connectivity index (χ4v) is 2.32. The van der Waals surface area contributed by atoms with Crippen molar-refractivity contribution in [3.8, 4) is 0 Å². The summed E-state index contributed by atoms with van der Waals surface area (Å²) in [6.45, 7) is 8.37. The number of piperazine rings is 1. The first-order valence-corrected chi connectivity index (χ1v) is 7.30. The number of hydrogen-bond donors (Lipinski definition) is 1. The van der Waals surface area contributed by atoms with Crippen molar-refractivity contribution in [2.24, 2.45) is 0 Å². The maximum atomic E-state index is 12.6. The largest absolute Gasteiger partial charge is 0.384 e. The molecule has 0 spiro atoms. The summed E-state index contributed by atoms with van der Waals surface area (Å²) in [5.74, 6) is 0.0872. The molecule has 0 atom stereocenters. The molecule has 1 N–H and O–H groups in total. The average molecular weight is 276 g/mol. The van der Waals surface area contributed by atoms with E-state index < -0.39 is 0 Å². The number of aryl methyl sites for hydroxylation is 1. The lowest BCUT2D eigenvalue weighted by atomic mass is 10.1. The van der Waals surface area contributed by atoms with Crippen LogP contribution in [0.25, 0.3) is 0 Å². The second-order valence-corrected chi connectivity index (χ2v) is 5.39. The Kier molecular flexibility index (Phi) is 4.95. The van der Waals surface area contributed by atoms with E-state index in [2.05, 4.69) is 29.2 Å². The van der Waals surface area contributed by atoms with Crippen LogP contribution in [0, 0.1) is 6.92 Å². The highest BCUT2D eigenvalue weighted by Crippen LogP contribution is 2.18. The Bertz CT molecular complexity index is 467. The van der Waals surface area contributed by atoms with E-state index >= 15 is 0 Å². The molecule has 1 saturated heterocycles. The van der Waals surface area contributed by atoms with Crippen LogP contribution in [0.4, 0.5) is 5.69 Å². The number of carbonyl (C=O) groups is 1. The van der Waals surface area contributed by atoms with Crippen molar-refractivity contribution in [2.45, 2.75) is 20.3 Å². The Morgan fingerprint density at radius 3 is 2.70 bits per heavy atom. The molecule has 0 aromatic carbocycles. The standard InChI is InChI=1S/C15H24N4O/c1-4-5-16-14-10-12(2)17-11-13(14)15(20)19-8-6-18(3)7-9-19/h10-11H,4-9H2,1-3H3,(H,16,17). The van der Waals surface area contributed by atoms with Crippen LogP contribution in [0.5, 0.6) is 0 Å². The number of nitrogens with zero attached hydrogens (tertiary/aromatic N) is 3. The van der Waals surface area contributed by atoms with E-state index in [1.54, 1.807) is 6.20 Å². The molecule has 1 aromatic heterocycles. The monoisotopic (exact) mass is 276 g/mol. The molecule has 2 rings (SSSR count). The van der Waals surface area contributed by atoms with Gasteiger partial charge in [-0.2, -0.15) is 0 Å². The highest BCUT2D eigenvalue weighted by molar-refractivity contribution is 5.99. The smallest absolute Gasteiger partial charge is 0.257 e. The van der Waals surface area contributed by atoms with Crippen LogP contribution in [-0.4, -0.2) is 60.5 Å². The van der Waals surface area contributed by atoms with Gasteiger partial charge >= 0.3 is 0 Å². The topological polar surface area (TPSA) is 48.5 Å². The summed E-state index contributed by atoms with van der Waals surface area (Å²) in [6, 6.07) is 1.96. The first kappa shape index (κ1) is 14.8. The minimum Gasteiger partial charge on any atom is -0.384 e. The molecule has 1 aliphatic rings. The van der Waals surface area contributed by atoms with Crippen molar-refractivity contribution in [3.05, 3.63) is 23.5 Å². The molecule has 110 valence electrons. The fraction of sp³-hybridized carbons (Fsp3) is 0.600. The van der Waals surface area contributed by atoms with Crippen LogP contribution in [0.2, 0.25) is 0 Å². The molecule has 0 saturated carbocycles. The zero-order valence-corrected chi connectivity index (χ0v) is 12.6. The van der Waals surface area contributed by atoms with Gasteiger partial charge in [0.1, 0.15) is 0 Å². The van der Waals surface area contributed by atoms with Crippen LogP contribution in [0.1, 0.15) is 29.4 Å². The number of hydrogen-bond acceptors (Lipinski definition) is 4. The number of nitrogens with one attached hydrogen (secondary N) is 1. The third-order valence-corrected chi connectivity index (χ3v) is 3.63. The summed E-state index contributed by atoms with van der Waals surface area (Å²) in [5.41, 5.74) is 2.52. The normalized spacial score (nSPS) is 16.2. The zero-order valence-electron chi connectivity index (χ0n) is 12.6. The van der Waals surface area contributed by atoms with E-state index in [1.165, 1.54) is 0 Å². The minimum atomic E-state index is 0.0872. The molecule has 20 heavy (non-hydrogen) atoms. The Labute approximate surface area is 121 Å². The Balaban J connectivity index is 2.16. The lowest BCUT2D eigenvalue weighted by molar-refractivity contribution is 0.0664. The van der Waals surface area contributed by atoms with Crippen molar-refractivity contribution in [3.63, 3.8) is 0 Å². The minimum absolute atomic E-state index is 0.0872. The molecule has 2 heterocycles. The Morgan fingerprint density at radius 1 is 1.35 bits per heavy atom. The van der Waals surface area contributed by atoms with Gasteiger partial charge in [0, 0.05) is 44.6 Å². The van der Waals surface area contributed by atoms with E-state index in [4.69, 9.17) is 0 Å². The van der Waals surface area contributed by atoms with E-state index in [0.717, 1.165) is 50.5 Å². The van der Waals surface area contributed by atoms with E-state index in [1.807, 2.05) is 17.9 Å². The fourth-order valence-electron chi connectivity index (χ4n) is 2.32. The third kappa shape index (κ3) is 3.48. The predicted molar refractivity (Wildman–Crippen MR) is 81.2 cm³/mol. The molecule has 5 heteroatoms. The van der Waals surface area contributed by atoms with E-state index in [0.29, 0.717) is 5.56 Å². The van der Waals surface area contributed by atoms with Gasteiger partial charge in [0.2, 0.25) is 0 Å². The number of pyridine rings is 1. The lowest BCUT2D eigenvalue weighted by Gasteiger charge is -2.32. The summed E-state index contributed by atoms with van der Waals surface area (Å²) < 4.78 is 0. The summed E-state index contributed by atoms with van der Waals surface area (Å²) in [5, 5.41) is 3.33. The summed E-state index contributed by atoms with van der Waals surface area (Å²) in [4.78, 5) is 21.1. The van der Waals surface area contributed by atoms with Crippen LogP contribution >= 0.6 is 0 Å². The first-order valence-electron chi connectivity index (χ1n) is 7.30. The zero-order chi connectivity index (χ0) is 14.5. The van der Waals surface area contributed by atoms with Gasteiger partial charge in [-0.15, -0.1) is 0 Å². The van der Waals surface area contributed by atoms with Gasteiger partial charge in [-0.3, -0.25) is 9.78 Å². The van der Waals surface area contributed by atoms with Gasteiger partial charge in [-0.25, -0.2) is 0 Å². The van der Waals surface area contributed by atoms with Crippen molar-refractivity contribution >= 4 is 11.6 Å². The predicted octanol–water partition coefficient (Wildman–Crippen LogP) is 1.60. The summed E-state index contributed by atoms with van der Waals surface area (Å²) >= 11 is 0. The maximum absolute atomic E-state index is 12.6. The van der Waals surface area contributed by atoms with Crippen molar-refractivity contribution < 1.29 is 4.79 Å². The van der Waals surface area contributed by atoms with Crippen molar-refractivity contribution in [1.82, 2.24) is 14.8 Å². The molecule has 0 unspecified atom stereocenters. The van der Waals surface area contributed by atoms with Gasteiger partial charge in [-0.05, 0) is 26.5 Å². The van der Waals surface area contributed by atoms with E-state index in [-0.39, 0.29) is 5.91 Å². The van der Waals surface area contributed by atoms with Gasteiger partial charge < -0.3 is 15.1 Å². The van der Waals surface area contributed by atoms with E-state index in [9.17, 15) is 4.79 Å². The van der Waals surface area contributed by atoms with Crippen LogP contribution in [0.15, 0.2) is 12.3 Å². The van der Waals surface area contributed by atoms with Crippen LogP contribution in [-0.2, 0) is 0 Å².